The first-order valence-electron chi connectivity index (χ1n) is 8.39. The molecule has 3 heterocycles. The number of nitrogens with zero attached hydrogens (tertiary/aromatic N) is 4. The van der Waals surface area contributed by atoms with Crippen LogP contribution < -0.4 is 0 Å². The average Bonchev–Trinajstić information content (AvgIpc) is 3.47. The van der Waals surface area contributed by atoms with Crippen molar-refractivity contribution in [2.75, 3.05) is 0 Å². The van der Waals surface area contributed by atoms with Gasteiger partial charge in [0.2, 0.25) is 11.7 Å². The summed E-state index contributed by atoms with van der Waals surface area (Å²) >= 11 is 1.56. The van der Waals surface area contributed by atoms with E-state index in [1.807, 2.05) is 59.4 Å². The Morgan fingerprint density at radius 1 is 1.19 bits per heavy atom. The van der Waals surface area contributed by atoms with Gasteiger partial charge >= 0.3 is 5.97 Å². The normalized spacial score (nSPS) is 10.8. The summed E-state index contributed by atoms with van der Waals surface area (Å²) in [6, 6.07) is 13.5. The van der Waals surface area contributed by atoms with E-state index in [1.54, 1.807) is 16.0 Å². The molecular weight excluding hydrogens is 364 g/mol. The van der Waals surface area contributed by atoms with Crippen LogP contribution in [-0.2, 0) is 22.6 Å². The maximum Gasteiger partial charge on any atom is 0.306 e. The third kappa shape index (κ3) is 4.29. The molecule has 0 saturated heterocycles. The highest BCUT2D eigenvalue weighted by Gasteiger charge is 2.12. The lowest BCUT2D eigenvalue weighted by Crippen LogP contribution is -2.07. The largest absolute Gasteiger partial charge is 0.459 e. The van der Waals surface area contributed by atoms with Crippen molar-refractivity contribution in [2.45, 2.75) is 19.4 Å². The molecule has 3 aromatic heterocycles. The van der Waals surface area contributed by atoms with Gasteiger partial charge < -0.3 is 9.26 Å². The number of benzene rings is 1. The van der Waals surface area contributed by atoms with E-state index >= 15 is 0 Å². The minimum absolute atomic E-state index is 0.128. The van der Waals surface area contributed by atoms with E-state index in [0.29, 0.717) is 23.8 Å². The van der Waals surface area contributed by atoms with Gasteiger partial charge in [-0.15, -0.1) is 0 Å². The first kappa shape index (κ1) is 17.2. The number of thiophene rings is 1. The van der Waals surface area contributed by atoms with Crippen molar-refractivity contribution in [3.63, 3.8) is 0 Å². The molecule has 8 heteroatoms. The Bertz CT molecular complexity index is 1010. The second kappa shape index (κ2) is 7.96. The molecule has 27 heavy (non-hydrogen) atoms. The molecule has 0 bridgehead atoms. The van der Waals surface area contributed by atoms with E-state index < -0.39 is 0 Å². The Morgan fingerprint density at radius 2 is 2.07 bits per heavy atom. The van der Waals surface area contributed by atoms with Gasteiger partial charge in [-0.3, -0.25) is 4.79 Å². The van der Waals surface area contributed by atoms with Gasteiger partial charge in [0.05, 0.1) is 12.1 Å². The van der Waals surface area contributed by atoms with E-state index in [9.17, 15) is 4.79 Å². The molecule has 0 amide bonds. The Labute approximate surface area is 159 Å². The zero-order valence-corrected chi connectivity index (χ0v) is 15.1. The summed E-state index contributed by atoms with van der Waals surface area (Å²) < 4.78 is 12.2. The molecule has 0 spiro atoms. The maximum absolute atomic E-state index is 12.0. The number of hydrogen-bond donors (Lipinski definition) is 0. The lowest BCUT2D eigenvalue weighted by atomic mass is 10.3. The van der Waals surface area contributed by atoms with Crippen LogP contribution in [0.3, 0.4) is 0 Å². The fourth-order valence-corrected chi connectivity index (χ4v) is 3.10. The number of para-hydroxylation sites is 1. The zero-order chi connectivity index (χ0) is 18.5. The van der Waals surface area contributed by atoms with E-state index in [-0.39, 0.29) is 19.0 Å². The van der Waals surface area contributed by atoms with E-state index in [1.165, 1.54) is 0 Å². The second-order valence-corrected chi connectivity index (χ2v) is 6.55. The van der Waals surface area contributed by atoms with Gasteiger partial charge in [-0.2, -0.15) is 21.4 Å². The van der Waals surface area contributed by atoms with Crippen LogP contribution in [0.4, 0.5) is 0 Å². The molecule has 0 atom stereocenters. The highest BCUT2D eigenvalue weighted by atomic mass is 32.1. The quantitative estimate of drug-likeness (QED) is 0.455. The lowest BCUT2D eigenvalue weighted by Gasteiger charge is -2.02. The Morgan fingerprint density at radius 3 is 2.89 bits per heavy atom. The lowest BCUT2D eigenvalue weighted by molar-refractivity contribution is -0.145. The van der Waals surface area contributed by atoms with Crippen LogP contribution >= 0.6 is 11.3 Å². The summed E-state index contributed by atoms with van der Waals surface area (Å²) in [7, 11) is 0. The van der Waals surface area contributed by atoms with Crippen molar-refractivity contribution in [2.24, 2.45) is 0 Å². The number of carbonyl (C=O) groups excluding carboxylic acids is 1. The molecule has 1 aromatic carbocycles. The SMILES string of the molecule is O=C(CCc1nc(-c2ccsc2)no1)OCc1ccn(-c2ccccc2)n1. The molecule has 0 saturated carbocycles. The second-order valence-electron chi connectivity index (χ2n) is 5.77. The highest BCUT2D eigenvalue weighted by Crippen LogP contribution is 2.19. The number of esters is 1. The number of ether oxygens (including phenoxy) is 1. The molecule has 7 nitrogen and oxygen atoms in total. The summed E-state index contributed by atoms with van der Waals surface area (Å²) in [4.78, 5) is 16.2. The van der Waals surface area contributed by atoms with Gasteiger partial charge in [-0.05, 0) is 29.6 Å². The number of aromatic nitrogens is 4. The first-order valence-corrected chi connectivity index (χ1v) is 9.33. The summed E-state index contributed by atoms with van der Waals surface area (Å²) in [5.74, 6) is 0.618. The summed E-state index contributed by atoms with van der Waals surface area (Å²) in [5, 5.41) is 12.2. The van der Waals surface area contributed by atoms with Crippen molar-refractivity contribution in [3.8, 4) is 17.1 Å². The van der Waals surface area contributed by atoms with E-state index in [0.717, 1.165) is 11.3 Å². The average molecular weight is 380 g/mol. The topological polar surface area (TPSA) is 83.0 Å². The fraction of sp³-hybridized carbons (Fsp3) is 0.158. The minimum atomic E-state index is -0.334. The molecule has 0 radical (unpaired) electrons. The van der Waals surface area contributed by atoms with Crippen LogP contribution in [-0.4, -0.2) is 25.9 Å². The zero-order valence-electron chi connectivity index (χ0n) is 14.3. The molecular formula is C19H16N4O3S. The monoisotopic (exact) mass is 380 g/mol. The predicted molar refractivity (Wildman–Crippen MR) is 99.3 cm³/mol. The van der Waals surface area contributed by atoms with Gasteiger partial charge in [0.1, 0.15) is 12.3 Å². The Hall–Kier alpha value is -3.26. The Balaban J connectivity index is 1.26. The first-order chi connectivity index (χ1) is 13.3. The van der Waals surface area contributed by atoms with E-state index in [2.05, 4.69) is 15.2 Å². The number of carbonyl (C=O) groups is 1. The standard InChI is InChI=1S/C19H16N4O3S/c24-18(7-6-17-20-19(22-26-17)14-9-11-27-13-14)25-12-15-8-10-23(21-15)16-4-2-1-3-5-16/h1-5,8-11,13H,6-7,12H2. The van der Waals surface area contributed by atoms with Crippen LogP contribution in [0.1, 0.15) is 18.0 Å². The maximum atomic E-state index is 12.0. The summed E-state index contributed by atoms with van der Waals surface area (Å²) in [5.41, 5.74) is 2.55. The third-order valence-corrected chi connectivity index (χ3v) is 4.52. The molecule has 0 fully saturated rings. The van der Waals surface area contributed by atoms with Gasteiger partial charge in [0.25, 0.3) is 0 Å². The van der Waals surface area contributed by atoms with Crippen LogP contribution in [0.15, 0.2) is 63.9 Å². The van der Waals surface area contributed by atoms with Crippen molar-refractivity contribution >= 4 is 17.3 Å². The van der Waals surface area contributed by atoms with Crippen LogP contribution in [0, 0.1) is 0 Å². The van der Waals surface area contributed by atoms with Crippen molar-refractivity contribution in [1.82, 2.24) is 19.9 Å². The third-order valence-electron chi connectivity index (χ3n) is 3.84. The van der Waals surface area contributed by atoms with Crippen molar-refractivity contribution < 1.29 is 14.1 Å². The van der Waals surface area contributed by atoms with Gasteiger partial charge in [0, 0.05) is 23.6 Å². The molecule has 0 aliphatic heterocycles. The van der Waals surface area contributed by atoms with Crippen LogP contribution in [0.2, 0.25) is 0 Å². The molecule has 0 aliphatic carbocycles. The van der Waals surface area contributed by atoms with Gasteiger partial charge in [-0.1, -0.05) is 23.4 Å². The van der Waals surface area contributed by atoms with Crippen molar-refractivity contribution in [1.29, 1.82) is 0 Å². The molecule has 0 unspecified atom stereocenters. The highest BCUT2D eigenvalue weighted by molar-refractivity contribution is 7.08. The van der Waals surface area contributed by atoms with Gasteiger partial charge in [-0.25, -0.2) is 4.68 Å². The molecule has 4 aromatic rings. The van der Waals surface area contributed by atoms with Crippen LogP contribution in [0.5, 0.6) is 0 Å². The van der Waals surface area contributed by atoms with E-state index in [4.69, 9.17) is 9.26 Å². The molecule has 0 aliphatic rings. The number of rotatable bonds is 7. The molecule has 0 N–H and O–H groups in total. The minimum Gasteiger partial charge on any atom is -0.459 e. The predicted octanol–water partition coefficient (Wildman–Crippen LogP) is 3.66. The fourth-order valence-electron chi connectivity index (χ4n) is 2.46. The summed E-state index contributed by atoms with van der Waals surface area (Å²) in [6.45, 7) is 0.128. The Kier molecular flexibility index (Phi) is 5.06. The van der Waals surface area contributed by atoms with Gasteiger partial charge in [0.15, 0.2) is 0 Å². The summed E-state index contributed by atoms with van der Waals surface area (Å²) in [6.07, 6.45) is 2.35. The number of hydrogen-bond acceptors (Lipinski definition) is 7. The van der Waals surface area contributed by atoms with Crippen LogP contribution in [0.25, 0.3) is 17.1 Å². The number of aryl methyl sites for hydroxylation is 1. The van der Waals surface area contributed by atoms with Crippen molar-refractivity contribution in [3.05, 3.63) is 71.0 Å². The molecule has 136 valence electrons. The smallest absolute Gasteiger partial charge is 0.306 e. The molecule has 4 rings (SSSR count).